The fraction of sp³-hybridized carbons (Fsp3) is 0.818. The first-order valence-corrected chi connectivity index (χ1v) is 19.5. The molecular weight excluding hydrogens is 732 g/mol. The number of nitrogens with two attached hydrogens (primary N) is 4. The van der Waals surface area contributed by atoms with Crippen LogP contribution in [0.3, 0.4) is 0 Å². The topological polar surface area (TPSA) is 379 Å². The molecular formula is C33H70N16O7+6. The fourth-order valence-corrected chi connectivity index (χ4v) is 8.53. The number of nitrogens with one attached hydrogen (secondary N) is 8. The van der Waals surface area contributed by atoms with Crippen molar-refractivity contribution >= 4 is 36.0 Å². The van der Waals surface area contributed by atoms with Crippen molar-refractivity contribution in [2.45, 2.75) is 119 Å². The lowest BCUT2D eigenvalue weighted by atomic mass is 9.87. The number of hydrogen-bond acceptors (Lipinski definition) is 15. The van der Waals surface area contributed by atoms with E-state index in [0.29, 0.717) is 44.5 Å². The normalized spacial score (nSPS) is 30.2. The molecule has 2 spiro atoms. The third kappa shape index (κ3) is 9.01. The monoisotopic (exact) mass is 803 g/mol. The number of aliphatic hydroxyl groups excluding tert-OH is 1. The summed E-state index contributed by atoms with van der Waals surface area (Å²) in [6.07, 6.45) is 7.36. The molecule has 0 aromatic heterocycles. The van der Waals surface area contributed by atoms with E-state index in [0.717, 1.165) is 64.5 Å². The Hall–Kier alpha value is -4.58. The highest BCUT2D eigenvalue weighted by atomic mass is 16.6. The fourth-order valence-electron chi connectivity index (χ4n) is 8.53. The van der Waals surface area contributed by atoms with Gasteiger partial charge in [-0.05, 0) is 38.5 Å². The van der Waals surface area contributed by atoms with Gasteiger partial charge in [-0.1, -0.05) is 20.3 Å². The van der Waals surface area contributed by atoms with Gasteiger partial charge in [-0.15, -0.1) is 0 Å². The van der Waals surface area contributed by atoms with Crippen LogP contribution in [0.15, 0.2) is 0 Å². The molecule has 25 N–H and O–H groups in total. The number of ether oxygens (including phenoxy) is 2. The van der Waals surface area contributed by atoms with Crippen LogP contribution in [-0.4, -0.2) is 160 Å². The molecule has 2 amide bonds. The van der Waals surface area contributed by atoms with Crippen molar-refractivity contribution in [2.24, 2.45) is 22.9 Å². The van der Waals surface area contributed by atoms with Crippen molar-refractivity contribution < 1.29 is 65.0 Å². The lowest BCUT2D eigenvalue weighted by Crippen LogP contribution is -2.91. The summed E-state index contributed by atoms with van der Waals surface area (Å²) in [5.41, 5.74) is 29.6. The van der Waals surface area contributed by atoms with Crippen LogP contribution < -0.4 is 76.3 Å². The number of alkyl carbamates (subject to hydrolysis) is 2. The second-order valence-electron chi connectivity index (χ2n) is 14.9. The summed E-state index contributed by atoms with van der Waals surface area (Å²) < 4.78 is 14.2. The predicted octanol–water partition coefficient (Wildman–Crippen LogP) is -10.8. The van der Waals surface area contributed by atoms with E-state index in [-0.39, 0.29) is 51.1 Å². The minimum absolute atomic E-state index is 0. The van der Waals surface area contributed by atoms with Gasteiger partial charge in [0.05, 0.1) is 26.2 Å². The predicted molar refractivity (Wildman–Crippen MR) is 202 cm³/mol. The first-order chi connectivity index (χ1) is 26.3. The average Bonchev–Trinajstić information content (AvgIpc) is 3.87. The maximum Gasteiger partial charge on any atom is 0.407 e. The van der Waals surface area contributed by atoms with Gasteiger partial charge in [-0.25, -0.2) is 29.4 Å². The molecule has 0 aromatic carbocycles. The molecule has 0 bridgehead atoms. The van der Waals surface area contributed by atoms with E-state index in [9.17, 15) is 24.9 Å². The summed E-state index contributed by atoms with van der Waals surface area (Å²) in [5.74, 6) is -0.778. The van der Waals surface area contributed by atoms with Crippen molar-refractivity contribution in [2.75, 3.05) is 52.5 Å². The lowest BCUT2D eigenvalue weighted by Gasteiger charge is -2.40. The standard InChI is InChI=1S/C16H30N8O4.C16H30N8O3.CH4/c17-6-3-1-2-4-7-20-14(25)28-9-10-11-16(23-12(18)22-11)15(26,27)5-8-24(16)13(19)21-10;17-6-3-1-2-4-7-20-15(26)27-9-10-12-16(23-13(18)22-12)11(25)5-8-24(16)14(19)21-10;/h10-11,26-27H,1-9,17H2,(H6,18,19,20,21,22,23,25);10-12,25H,1-9,17H2,(H6,18,19,20,21,22,23,26);1H4/p+6/t10?,11-,16?;10?,11-,12-,16?;/m00./s1. The molecule has 0 aliphatic carbocycles. The van der Waals surface area contributed by atoms with E-state index in [1.807, 2.05) is 4.58 Å². The van der Waals surface area contributed by atoms with Crippen LogP contribution in [-0.2, 0) is 9.47 Å². The molecule has 6 aliphatic rings. The maximum absolute atomic E-state index is 12.0. The Morgan fingerprint density at radius 2 is 1.27 bits per heavy atom. The number of quaternary nitrogens is 2. The Labute approximate surface area is 327 Å². The zero-order valence-electron chi connectivity index (χ0n) is 31.7. The lowest BCUT2D eigenvalue weighted by molar-refractivity contribution is -0.674. The summed E-state index contributed by atoms with van der Waals surface area (Å²) in [7, 11) is 0. The van der Waals surface area contributed by atoms with Gasteiger partial charge in [-0.2, -0.15) is 0 Å². The molecule has 318 valence electrons. The summed E-state index contributed by atoms with van der Waals surface area (Å²) in [6.45, 7) is 4.03. The number of amides is 2. The van der Waals surface area contributed by atoms with Gasteiger partial charge in [0.1, 0.15) is 31.4 Å². The number of aliphatic hydroxyl groups is 3. The van der Waals surface area contributed by atoms with Crippen LogP contribution >= 0.6 is 0 Å². The zero-order chi connectivity index (χ0) is 39.8. The Bertz CT molecular complexity index is 1510. The van der Waals surface area contributed by atoms with Crippen LogP contribution in [0.4, 0.5) is 9.59 Å². The summed E-state index contributed by atoms with van der Waals surface area (Å²) in [4.78, 5) is 30.1. The molecule has 6 rings (SSSR count). The van der Waals surface area contributed by atoms with Crippen LogP contribution in [0, 0.1) is 0 Å². The summed E-state index contributed by atoms with van der Waals surface area (Å²) >= 11 is 0. The van der Waals surface area contributed by atoms with Gasteiger partial charge in [0.15, 0.2) is 12.1 Å². The van der Waals surface area contributed by atoms with Gasteiger partial charge in [0.2, 0.25) is 5.79 Å². The molecule has 0 radical (unpaired) electrons. The van der Waals surface area contributed by atoms with Gasteiger partial charge in [-0.3, -0.25) is 43.6 Å². The first-order valence-electron chi connectivity index (χ1n) is 19.5. The van der Waals surface area contributed by atoms with Crippen molar-refractivity contribution in [1.29, 1.82) is 0 Å². The highest BCUT2D eigenvalue weighted by Gasteiger charge is 2.74. The van der Waals surface area contributed by atoms with Crippen LogP contribution in [0.5, 0.6) is 0 Å². The maximum atomic E-state index is 12.0. The molecule has 2 fully saturated rings. The molecule has 0 aromatic rings. The van der Waals surface area contributed by atoms with Gasteiger partial charge in [0, 0.05) is 25.9 Å². The average molecular weight is 803 g/mol. The second-order valence-corrected chi connectivity index (χ2v) is 14.9. The third-order valence-corrected chi connectivity index (χ3v) is 11.2. The molecule has 4 unspecified atom stereocenters. The number of carbonyl (C=O) groups excluding carboxylic acids is 2. The van der Waals surface area contributed by atoms with Crippen LogP contribution in [0.2, 0.25) is 0 Å². The Morgan fingerprint density at radius 1 is 0.768 bits per heavy atom. The molecule has 0 saturated carbocycles. The Morgan fingerprint density at radius 3 is 1.84 bits per heavy atom. The van der Waals surface area contributed by atoms with E-state index in [2.05, 4.69) is 53.4 Å². The third-order valence-electron chi connectivity index (χ3n) is 11.2. The SMILES string of the molecule is C.NC1=[NH+][C@H]2C(COC(=O)NCCCCCC[NH3+])NC(N)=[N+]3CCC(O)(O)C23N1.NC1=[NH+][C@H]2C(COC(=O)NCCCCCC[NH3+])NC(N)=[N+]3CC[C@H](O)C23N1. The number of nitrogens with zero attached hydrogens (tertiary/aromatic N) is 2. The van der Waals surface area contributed by atoms with E-state index < -0.39 is 47.5 Å². The largest absolute Gasteiger partial charge is 0.446 e. The highest BCUT2D eigenvalue weighted by Crippen LogP contribution is 2.37. The van der Waals surface area contributed by atoms with Crippen LogP contribution in [0.1, 0.15) is 71.6 Å². The number of unbranched alkanes of at least 4 members (excludes halogenated alkanes) is 6. The number of hydrogen-bond donors (Lipinski definition) is 17. The van der Waals surface area contributed by atoms with Crippen molar-refractivity contribution in [1.82, 2.24) is 31.9 Å². The van der Waals surface area contributed by atoms with Gasteiger partial charge in [0.25, 0.3) is 11.3 Å². The minimum Gasteiger partial charge on any atom is -0.446 e. The molecule has 2 saturated heterocycles. The first kappa shape index (κ1) is 44.1. The number of carbonyl (C=O) groups is 2. The Balaban J connectivity index is 0.000000244. The number of guanidine groups is 4. The van der Waals surface area contributed by atoms with Crippen molar-refractivity contribution in [3.05, 3.63) is 0 Å². The summed E-state index contributed by atoms with van der Waals surface area (Å²) in [5, 5.41) is 49.6. The van der Waals surface area contributed by atoms with Crippen molar-refractivity contribution in [3.8, 4) is 0 Å². The van der Waals surface area contributed by atoms with Gasteiger partial charge >= 0.3 is 36.0 Å². The molecule has 56 heavy (non-hydrogen) atoms. The van der Waals surface area contributed by atoms with E-state index in [1.54, 1.807) is 4.58 Å². The molecule has 6 aliphatic heterocycles. The van der Waals surface area contributed by atoms with Crippen molar-refractivity contribution in [3.63, 3.8) is 0 Å². The highest BCUT2D eigenvalue weighted by molar-refractivity contribution is 5.79. The second kappa shape index (κ2) is 19.0. The van der Waals surface area contributed by atoms with Crippen LogP contribution in [0.25, 0.3) is 0 Å². The quantitative estimate of drug-likeness (QED) is 0.0391. The molecule has 7 atom stereocenters. The molecule has 23 heteroatoms. The zero-order valence-corrected chi connectivity index (χ0v) is 31.7. The Kier molecular flexibility index (Phi) is 15.0. The van der Waals surface area contributed by atoms with E-state index >= 15 is 0 Å². The van der Waals surface area contributed by atoms with E-state index in [4.69, 9.17) is 32.4 Å². The smallest absolute Gasteiger partial charge is 0.407 e. The molecule has 6 heterocycles. The van der Waals surface area contributed by atoms with E-state index in [1.165, 1.54) is 0 Å². The minimum atomic E-state index is -2.06. The molecule has 23 nitrogen and oxygen atoms in total. The number of rotatable bonds is 16. The van der Waals surface area contributed by atoms with Gasteiger partial charge < -0.3 is 46.9 Å². The summed E-state index contributed by atoms with van der Waals surface area (Å²) in [6, 6.07) is -1.71.